The third-order valence-electron chi connectivity index (χ3n) is 8.69. The van der Waals surface area contributed by atoms with Crippen molar-refractivity contribution in [3.8, 4) is 5.69 Å². The van der Waals surface area contributed by atoms with Gasteiger partial charge in [0.25, 0.3) is 0 Å². The summed E-state index contributed by atoms with van der Waals surface area (Å²) < 4.78 is 3.08. The van der Waals surface area contributed by atoms with Crippen molar-refractivity contribution in [2.24, 2.45) is 0 Å². The number of carboxylic acids is 1. The monoisotopic (exact) mass is 599 g/mol. The lowest BCUT2D eigenvalue weighted by atomic mass is 9.96. The van der Waals surface area contributed by atoms with Gasteiger partial charge in [0.05, 0.1) is 17.1 Å². The van der Waals surface area contributed by atoms with Gasteiger partial charge in [0.15, 0.2) is 0 Å². The van der Waals surface area contributed by atoms with Crippen LogP contribution in [0.1, 0.15) is 22.7 Å². The number of aromatic nitrogens is 3. The maximum absolute atomic E-state index is 12.7. The summed E-state index contributed by atoms with van der Waals surface area (Å²) in [5.41, 5.74) is 3.77. The predicted octanol–water partition coefficient (Wildman–Crippen LogP) is 4.63. The molecule has 0 amide bonds. The normalized spacial score (nSPS) is 14.4. The van der Waals surface area contributed by atoms with Crippen LogP contribution in [0, 0.1) is 0 Å². The highest BCUT2D eigenvalue weighted by Gasteiger charge is 2.26. The summed E-state index contributed by atoms with van der Waals surface area (Å²) in [5, 5.41) is 11.0. The van der Waals surface area contributed by atoms with E-state index in [0.29, 0.717) is 16.4 Å². The summed E-state index contributed by atoms with van der Waals surface area (Å²) in [6, 6.07) is 33.2. The third-order valence-corrected chi connectivity index (χ3v) is 8.69. The molecule has 1 aliphatic heterocycles. The number of carboxylic acid groups (broad SMARTS) is 1. The number of carbonyl (C=O) groups is 1. The van der Waals surface area contributed by atoms with Crippen LogP contribution in [0.3, 0.4) is 0 Å². The molecule has 3 heterocycles. The Morgan fingerprint density at radius 1 is 0.822 bits per heavy atom. The fraction of sp³-hybridized carbons (Fsp3) is 0.194. The van der Waals surface area contributed by atoms with Gasteiger partial charge in [-0.25, -0.2) is 0 Å². The van der Waals surface area contributed by atoms with Crippen molar-refractivity contribution in [3.05, 3.63) is 147 Å². The van der Waals surface area contributed by atoms with E-state index in [4.69, 9.17) is 0 Å². The van der Waals surface area contributed by atoms with Crippen LogP contribution in [0.4, 0.5) is 0 Å². The number of H-pyrrole nitrogens is 1. The van der Waals surface area contributed by atoms with Gasteiger partial charge < -0.3 is 14.7 Å². The molecule has 0 spiro atoms. The molecule has 45 heavy (non-hydrogen) atoms. The number of hydrogen-bond acceptors (Lipinski definition) is 5. The fourth-order valence-corrected chi connectivity index (χ4v) is 6.55. The second kappa shape index (κ2) is 12.0. The summed E-state index contributed by atoms with van der Waals surface area (Å²) in [6.45, 7) is 4.09. The van der Waals surface area contributed by atoms with Gasteiger partial charge in [-0.15, -0.1) is 0 Å². The fourth-order valence-electron chi connectivity index (χ4n) is 6.55. The molecule has 9 heteroatoms. The van der Waals surface area contributed by atoms with Crippen molar-refractivity contribution < 1.29 is 9.90 Å². The molecule has 1 aliphatic rings. The van der Waals surface area contributed by atoms with E-state index in [1.165, 1.54) is 16.7 Å². The lowest BCUT2D eigenvalue weighted by Crippen LogP contribution is -2.47. The molecule has 6 aromatic rings. The van der Waals surface area contributed by atoms with E-state index in [9.17, 15) is 19.5 Å². The molecule has 4 aromatic carbocycles. The maximum atomic E-state index is 12.7. The van der Waals surface area contributed by atoms with Gasteiger partial charge in [-0.2, -0.15) is 0 Å². The van der Waals surface area contributed by atoms with Gasteiger partial charge in [0.2, 0.25) is 0 Å². The van der Waals surface area contributed by atoms with E-state index in [-0.39, 0.29) is 6.04 Å². The van der Waals surface area contributed by atoms with E-state index >= 15 is 0 Å². The lowest BCUT2D eigenvalue weighted by molar-refractivity contribution is -0.137. The minimum absolute atomic E-state index is 0.226. The Labute approximate surface area is 259 Å². The summed E-state index contributed by atoms with van der Waals surface area (Å²) in [5.74, 6) is -1.19. The molecule has 0 atom stereocenters. The largest absolute Gasteiger partial charge is 0.480 e. The minimum Gasteiger partial charge on any atom is -0.480 e. The van der Waals surface area contributed by atoms with Crippen molar-refractivity contribution in [1.29, 1.82) is 0 Å². The first kappa shape index (κ1) is 28.5. The Morgan fingerprint density at radius 2 is 1.49 bits per heavy atom. The molecule has 2 N–H and O–H groups in total. The zero-order valence-electron chi connectivity index (χ0n) is 24.7. The molecular weight excluding hydrogens is 566 g/mol. The predicted molar refractivity (Wildman–Crippen MR) is 175 cm³/mol. The van der Waals surface area contributed by atoms with Gasteiger partial charge in [-0.05, 0) is 46.3 Å². The van der Waals surface area contributed by atoms with Crippen molar-refractivity contribution in [1.82, 2.24) is 23.9 Å². The van der Waals surface area contributed by atoms with Gasteiger partial charge in [0.1, 0.15) is 6.54 Å². The standard InChI is InChI=1S/C36H33N5O4/c42-32(43)24-41-34-30-21-29(13-11-26(30)12-14-31(34)37-35(44)36(41)45)40-16-15-25(23-40)22-38-17-19-39(20-18-38)33(27-7-3-1-4-8-27)28-9-5-2-6-10-28/h1-16,21,23,33H,17-20,22,24H2,(H,37,44)(H,42,43). The number of nitrogens with zero attached hydrogens (tertiary/aromatic N) is 4. The molecular formula is C36H33N5O4. The molecule has 2 aromatic heterocycles. The van der Waals surface area contributed by atoms with Gasteiger partial charge in [0, 0.05) is 56.2 Å². The molecule has 0 radical (unpaired) electrons. The molecule has 0 bridgehead atoms. The van der Waals surface area contributed by atoms with E-state index < -0.39 is 23.6 Å². The van der Waals surface area contributed by atoms with E-state index in [0.717, 1.165) is 48.4 Å². The van der Waals surface area contributed by atoms with Crippen LogP contribution in [0.25, 0.3) is 27.5 Å². The van der Waals surface area contributed by atoms with Crippen LogP contribution in [0.15, 0.2) is 119 Å². The topological polar surface area (TPSA) is 104 Å². The summed E-state index contributed by atoms with van der Waals surface area (Å²) in [7, 11) is 0. The van der Waals surface area contributed by atoms with Gasteiger partial charge >= 0.3 is 17.1 Å². The van der Waals surface area contributed by atoms with Crippen LogP contribution in [-0.4, -0.2) is 61.2 Å². The third kappa shape index (κ3) is 5.71. The van der Waals surface area contributed by atoms with Crippen LogP contribution in [0.5, 0.6) is 0 Å². The zero-order chi connectivity index (χ0) is 30.9. The zero-order valence-corrected chi connectivity index (χ0v) is 24.7. The summed E-state index contributed by atoms with van der Waals surface area (Å²) in [4.78, 5) is 44.1. The molecule has 1 fully saturated rings. The smallest absolute Gasteiger partial charge is 0.323 e. The highest BCUT2D eigenvalue weighted by molar-refractivity contribution is 6.05. The lowest BCUT2D eigenvalue weighted by Gasteiger charge is -2.39. The number of piperazine rings is 1. The van der Waals surface area contributed by atoms with Crippen LogP contribution in [-0.2, 0) is 17.9 Å². The highest BCUT2D eigenvalue weighted by Crippen LogP contribution is 2.30. The first-order valence-electron chi connectivity index (χ1n) is 15.1. The van der Waals surface area contributed by atoms with E-state index in [2.05, 4.69) is 87.7 Å². The van der Waals surface area contributed by atoms with Crippen molar-refractivity contribution in [2.75, 3.05) is 26.2 Å². The number of nitrogens with one attached hydrogen (secondary N) is 1. The summed E-state index contributed by atoms with van der Waals surface area (Å²) >= 11 is 0. The SMILES string of the molecule is O=C(O)Cn1c(=O)c(=O)[nH]c2ccc3ccc(-n4ccc(CN5CCN(C(c6ccccc6)c6ccccc6)CC5)c4)cc3c21. The Morgan fingerprint density at radius 3 is 2.16 bits per heavy atom. The first-order valence-corrected chi connectivity index (χ1v) is 15.1. The molecule has 0 unspecified atom stereocenters. The Hall–Kier alpha value is -5.25. The average Bonchev–Trinajstić information content (AvgIpc) is 3.53. The molecule has 9 nitrogen and oxygen atoms in total. The van der Waals surface area contributed by atoms with Crippen molar-refractivity contribution >= 4 is 27.8 Å². The van der Waals surface area contributed by atoms with Gasteiger partial charge in [-0.1, -0.05) is 72.8 Å². The molecule has 1 saturated heterocycles. The maximum Gasteiger partial charge on any atom is 0.323 e. The molecule has 7 rings (SSSR count). The number of hydrogen-bond donors (Lipinski definition) is 2. The van der Waals surface area contributed by atoms with E-state index in [1.54, 1.807) is 6.07 Å². The number of aromatic amines is 1. The second-order valence-electron chi connectivity index (χ2n) is 11.6. The number of benzene rings is 4. The van der Waals surface area contributed by atoms with Gasteiger partial charge in [-0.3, -0.25) is 28.8 Å². The Kier molecular flexibility index (Phi) is 7.62. The number of rotatable bonds is 8. The quantitative estimate of drug-likeness (QED) is 0.196. The van der Waals surface area contributed by atoms with Crippen molar-refractivity contribution in [2.45, 2.75) is 19.1 Å². The van der Waals surface area contributed by atoms with Crippen molar-refractivity contribution in [3.63, 3.8) is 0 Å². The Bertz CT molecular complexity index is 2070. The average molecular weight is 600 g/mol. The molecule has 0 aliphatic carbocycles. The van der Waals surface area contributed by atoms with Crippen LogP contribution < -0.4 is 11.1 Å². The van der Waals surface area contributed by atoms with E-state index in [1.807, 2.05) is 35.0 Å². The minimum atomic E-state index is -1.19. The summed E-state index contributed by atoms with van der Waals surface area (Å²) in [6.07, 6.45) is 4.13. The number of fused-ring (bicyclic) bond motifs is 3. The number of aliphatic carboxylic acids is 1. The molecule has 226 valence electrons. The highest BCUT2D eigenvalue weighted by atomic mass is 16.4. The Balaban J connectivity index is 1.11. The first-order chi connectivity index (χ1) is 21.9. The molecule has 0 saturated carbocycles. The van der Waals surface area contributed by atoms with Crippen LogP contribution >= 0.6 is 0 Å². The van der Waals surface area contributed by atoms with Crippen LogP contribution in [0.2, 0.25) is 0 Å². The second-order valence-corrected chi connectivity index (χ2v) is 11.6.